The lowest BCUT2D eigenvalue weighted by Crippen LogP contribution is -2.45. The third kappa shape index (κ3) is 5.79. The molecule has 0 radical (unpaired) electrons. The zero-order valence-corrected chi connectivity index (χ0v) is 23.2. The Morgan fingerprint density at radius 1 is 1.08 bits per heavy atom. The predicted molar refractivity (Wildman–Crippen MR) is 157 cm³/mol. The molecule has 1 aliphatic carbocycles. The quantitative estimate of drug-likeness (QED) is 0.318. The van der Waals surface area contributed by atoms with Gasteiger partial charge >= 0.3 is 0 Å². The van der Waals surface area contributed by atoms with Crippen LogP contribution in [0.1, 0.15) is 54.8 Å². The van der Waals surface area contributed by atoms with Gasteiger partial charge < -0.3 is 9.64 Å². The van der Waals surface area contributed by atoms with E-state index in [2.05, 4.69) is 39.5 Å². The molecule has 0 bridgehead atoms. The monoisotopic (exact) mass is 531 g/mol. The van der Waals surface area contributed by atoms with Gasteiger partial charge in [-0.1, -0.05) is 26.0 Å². The van der Waals surface area contributed by atoms with E-state index in [9.17, 15) is 9.59 Å². The lowest BCUT2D eigenvalue weighted by Gasteiger charge is -2.37. The van der Waals surface area contributed by atoms with Crippen molar-refractivity contribution >= 4 is 39.9 Å². The SMILES string of the molecule is CCC(C)C(=O)n1c(=O)ccc2ccc(OCCCCN3CCN(C4=CCC=Cc5sccc54)CC3)cc21. The van der Waals surface area contributed by atoms with E-state index in [0.717, 1.165) is 57.4 Å². The highest BCUT2D eigenvalue weighted by Crippen LogP contribution is 2.31. The number of benzene rings is 1. The highest BCUT2D eigenvalue weighted by atomic mass is 32.1. The molecule has 0 saturated carbocycles. The number of rotatable bonds is 9. The molecule has 2 aliphatic rings. The molecule has 38 heavy (non-hydrogen) atoms. The van der Waals surface area contributed by atoms with Crippen LogP contribution in [0.25, 0.3) is 22.7 Å². The Balaban J connectivity index is 1.10. The zero-order valence-electron chi connectivity index (χ0n) is 22.4. The number of piperazine rings is 1. The summed E-state index contributed by atoms with van der Waals surface area (Å²) in [6.45, 7) is 9.79. The third-order valence-corrected chi connectivity index (χ3v) is 8.54. The average Bonchev–Trinajstić information content (AvgIpc) is 3.31. The first-order chi connectivity index (χ1) is 18.5. The Labute approximate surface area is 228 Å². The number of fused-ring (bicyclic) bond motifs is 2. The van der Waals surface area contributed by atoms with Crippen LogP contribution in [0.3, 0.4) is 0 Å². The van der Waals surface area contributed by atoms with E-state index in [4.69, 9.17) is 4.74 Å². The predicted octanol–water partition coefficient (Wildman–Crippen LogP) is 5.98. The summed E-state index contributed by atoms with van der Waals surface area (Å²) in [5.41, 5.74) is 3.10. The summed E-state index contributed by atoms with van der Waals surface area (Å²) in [6.07, 6.45) is 10.6. The second-order valence-corrected chi connectivity index (χ2v) is 11.1. The van der Waals surface area contributed by atoms with Crippen LogP contribution in [-0.2, 0) is 0 Å². The lowest BCUT2D eigenvalue weighted by molar-refractivity contribution is 0.0843. The molecule has 1 saturated heterocycles. The molecule has 7 heteroatoms. The van der Waals surface area contributed by atoms with Crippen molar-refractivity contribution in [1.82, 2.24) is 14.4 Å². The minimum Gasteiger partial charge on any atom is -0.494 e. The van der Waals surface area contributed by atoms with Crippen LogP contribution in [-0.4, -0.2) is 59.6 Å². The molecule has 1 aliphatic heterocycles. The fourth-order valence-electron chi connectivity index (χ4n) is 5.19. The lowest BCUT2D eigenvalue weighted by atomic mass is 10.1. The highest BCUT2D eigenvalue weighted by Gasteiger charge is 2.22. The number of carbonyl (C=O) groups excluding carboxylic acids is 1. The molecule has 0 amide bonds. The summed E-state index contributed by atoms with van der Waals surface area (Å²) in [4.78, 5) is 31.8. The summed E-state index contributed by atoms with van der Waals surface area (Å²) < 4.78 is 7.34. The smallest absolute Gasteiger partial charge is 0.257 e. The zero-order chi connectivity index (χ0) is 26.5. The molecule has 1 atom stereocenters. The van der Waals surface area contributed by atoms with Crippen molar-refractivity contribution in [3.8, 4) is 5.75 Å². The van der Waals surface area contributed by atoms with Crippen molar-refractivity contribution in [2.75, 3.05) is 39.3 Å². The molecule has 1 aromatic carbocycles. The standard InChI is InChI=1S/C31H37N3O3S/c1-3-23(2)31(36)34-28-22-25(12-10-24(28)11-13-30(34)35)37-20-7-6-15-32-16-18-33(19-17-32)27-8-4-5-9-29-26(27)14-21-38-29/h5,8-14,21-23H,3-4,6-7,15-20H2,1-2H3. The van der Waals surface area contributed by atoms with Crippen LogP contribution in [0.15, 0.2) is 58.7 Å². The number of carbonyl (C=O) groups is 1. The molecule has 200 valence electrons. The van der Waals surface area contributed by atoms with Gasteiger partial charge in [-0.25, -0.2) is 4.57 Å². The maximum absolute atomic E-state index is 12.8. The molecular weight excluding hydrogens is 494 g/mol. The van der Waals surface area contributed by atoms with E-state index >= 15 is 0 Å². The van der Waals surface area contributed by atoms with Crippen molar-refractivity contribution in [2.45, 2.75) is 39.5 Å². The Morgan fingerprint density at radius 3 is 2.71 bits per heavy atom. The molecule has 3 aromatic rings. The molecule has 1 fully saturated rings. The maximum Gasteiger partial charge on any atom is 0.257 e. The van der Waals surface area contributed by atoms with Crippen molar-refractivity contribution in [2.24, 2.45) is 5.92 Å². The van der Waals surface area contributed by atoms with Crippen molar-refractivity contribution in [1.29, 1.82) is 0 Å². The number of hydrogen-bond donors (Lipinski definition) is 0. The Hall–Kier alpha value is -3.16. The number of hydrogen-bond acceptors (Lipinski definition) is 6. The van der Waals surface area contributed by atoms with E-state index in [1.165, 1.54) is 26.8 Å². The van der Waals surface area contributed by atoms with E-state index in [-0.39, 0.29) is 17.4 Å². The Bertz CT molecular complexity index is 1390. The van der Waals surface area contributed by atoms with Gasteiger partial charge in [0.15, 0.2) is 0 Å². The summed E-state index contributed by atoms with van der Waals surface area (Å²) in [7, 11) is 0. The van der Waals surface area contributed by atoms with Gasteiger partial charge in [0.25, 0.3) is 5.56 Å². The van der Waals surface area contributed by atoms with Crippen LogP contribution < -0.4 is 10.3 Å². The Morgan fingerprint density at radius 2 is 1.89 bits per heavy atom. The fraction of sp³-hybridized carbons (Fsp3) is 0.419. The van der Waals surface area contributed by atoms with E-state index in [1.807, 2.05) is 43.4 Å². The first-order valence-electron chi connectivity index (χ1n) is 13.8. The first-order valence-corrected chi connectivity index (χ1v) is 14.7. The second kappa shape index (κ2) is 12.1. The van der Waals surface area contributed by atoms with Crippen LogP contribution >= 0.6 is 11.3 Å². The largest absolute Gasteiger partial charge is 0.494 e. The summed E-state index contributed by atoms with van der Waals surface area (Å²) in [6, 6.07) is 11.2. The molecule has 3 heterocycles. The number of aromatic nitrogens is 1. The number of pyridine rings is 1. The van der Waals surface area contributed by atoms with Crippen molar-refractivity contribution < 1.29 is 9.53 Å². The molecule has 5 rings (SSSR count). The van der Waals surface area contributed by atoms with Gasteiger partial charge in [0.05, 0.1) is 12.1 Å². The minimum absolute atomic E-state index is 0.164. The van der Waals surface area contributed by atoms with Gasteiger partial charge in [-0.05, 0) is 73.3 Å². The number of ether oxygens (including phenoxy) is 1. The normalized spacial score (nSPS) is 16.7. The molecule has 0 N–H and O–H groups in total. The van der Waals surface area contributed by atoms with Gasteiger partial charge in [-0.15, -0.1) is 11.3 Å². The van der Waals surface area contributed by atoms with Gasteiger partial charge in [0, 0.05) is 60.4 Å². The summed E-state index contributed by atoms with van der Waals surface area (Å²) >= 11 is 1.82. The number of thiophene rings is 1. The van der Waals surface area contributed by atoms with E-state index in [1.54, 1.807) is 6.07 Å². The van der Waals surface area contributed by atoms with Crippen LogP contribution in [0.4, 0.5) is 0 Å². The topological polar surface area (TPSA) is 54.8 Å². The molecular formula is C31H37N3O3S. The average molecular weight is 532 g/mol. The molecule has 0 spiro atoms. The van der Waals surface area contributed by atoms with Crippen LogP contribution in [0.2, 0.25) is 0 Å². The summed E-state index contributed by atoms with van der Waals surface area (Å²) in [5, 5.41) is 3.05. The third-order valence-electron chi connectivity index (χ3n) is 7.66. The minimum atomic E-state index is -0.289. The fourth-order valence-corrected chi connectivity index (χ4v) is 6.02. The van der Waals surface area contributed by atoms with Crippen LogP contribution in [0, 0.1) is 5.92 Å². The van der Waals surface area contributed by atoms with Gasteiger partial charge in [-0.3, -0.25) is 14.5 Å². The van der Waals surface area contributed by atoms with E-state index in [0.29, 0.717) is 24.3 Å². The van der Waals surface area contributed by atoms with Crippen molar-refractivity contribution in [3.63, 3.8) is 0 Å². The summed E-state index contributed by atoms with van der Waals surface area (Å²) in [5.74, 6) is 0.322. The van der Waals surface area contributed by atoms with Gasteiger partial charge in [0.1, 0.15) is 5.75 Å². The Kier molecular flexibility index (Phi) is 8.45. The second-order valence-electron chi connectivity index (χ2n) is 10.2. The van der Waals surface area contributed by atoms with E-state index < -0.39 is 0 Å². The molecule has 2 aromatic heterocycles. The van der Waals surface area contributed by atoms with Gasteiger partial charge in [0.2, 0.25) is 5.91 Å². The molecule has 1 unspecified atom stereocenters. The van der Waals surface area contributed by atoms with Gasteiger partial charge in [-0.2, -0.15) is 0 Å². The number of allylic oxidation sites excluding steroid dienone is 2. The number of unbranched alkanes of at least 4 members (excludes halogenated alkanes) is 1. The van der Waals surface area contributed by atoms with Crippen LogP contribution in [0.5, 0.6) is 5.75 Å². The van der Waals surface area contributed by atoms with Crippen molar-refractivity contribution in [3.05, 3.63) is 74.7 Å². The number of nitrogens with zero attached hydrogens (tertiary/aromatic N) is 3. The maximum atomic E-state index is 12.8. The molecule has 6 nitrogen and oxygen atoms in total. The highest BCUT2D eigenvalue weighted by molar-refractivity contribution is 7.11. The first kappa shape index (κ1) is 26.4.